The number of carbonyl (C=O) groups is 1. The van der Waals surface area contributed by atoms with Crippen molar-refractivity contribution in [1.29, 1.82) is 0 Å². The summed E-state index contributed by atoms with van der Waals surface area (Å²) in [5.41, 5.74) is 1.14. The molecule has 164 valence electrons. The number of nitrogens with one attached hydrogen (secondary N) is 1. The van der Waals surface area contributed by atoms with Crippen molar-refractivity contribution in [2.24, 2.45) is 0 Å². The number of carbonyl (C=O) groups excluding carboxylic acids is 1. The summed E-state index contributed by atoms with van der Waals surface area (Å²) in [6.45, 7) is 0.230. The molecule has 0 unspecified atom stereocenters. The van der Waals surface area contributed by atoms with Gasteiger partial charge in [0, 0.05) is 37.4 Å². The van der Waals surface area contributed by atoms with Crippen LogP contribution in [0.4, 0.5) is 0 Å². The predicted molar refractivity (Wildman–Crippen MR) is 116 cm³/mol. The maximum atomic E-state index is 13.0. The Labute approximate surface area is 184 Å². The lowest BCUT2D eigenvalue weighted by Gasteiger charge is -2.10. The average molecular weight is 452 g/mol. The van der Waals surface area contributed by atoms with Crippen molar-refractivity contribution in [1.82, 2.24) is 19.7 Å². The molecule has 0 aliphatic carbocycles. The average Bonchev–Trinajstić information content (AvgIpc) is 3.30. The van der Waals surface area contributed by atoms with Crippen LogP contribution in [-0.4, -0.2) is 42.9 Å². The standard InChI is InChI=1S/C22H20N4O5S/c1-30-17-9-18(31-2)11-20(10-17)32(28,29)19-5-3-15(4-6-19)12-24-21(27)16-13-25-22-23-7-8-26(22)14-16/h3-11,13-14H,12H2,1-2H3,(H,24,27). The van der Waals surface area contributed by atoms with Gasteiger partial charge in [0.1, 0.15) is 11.5 Å². The fourth-order valence-electron chi connectivity index (χ4n) is 3.08. The third-order valence-corrected chi connectivity index (χ3v) is 6.58. The number of aromatic nitrogens is 3. The molecule has 2 heterocycles. The lowest BCUT2D eigenvalue weighted by Crippen LogP contribution is -2.23. The van der Waals surface area contributed by atoms with E-state index in [2.05, 4.69) is 15.3 Å². The molecule has 10 heteroatoms. The Bertz CT molecular complexity index is 1360. The van der Waals surface area contributed by atoms with Crippen LogP contribution in [0.2, 0.25) is 0 Å². The molecule has 4 rings (SSSR count). The largest absolute Gasteiger partial charge is 0.497 e. The van der Waals surface area contributed by atoms with Crippen LogP contribution in [0, 0.1) is 0 Å². The van der Waals surface area contributed by atoms with Gasteiger partial charge in [-0.2, -0.15) is 0 Å². The van der Waals surface area contributed by atoms with Crippen molar-refractivity contribution in [2.75, 3.05) is 14.2 Å². The summed E-state index contributed by atoms with van der Waals surface area (Å²) >= 11 is 0. The van der Waals surface area contributed by atoms with Crippen molar-refractivity contribution in [3.05, 3.63) is 78.4 Å². The summed E-state index contributed by atoms with van der Waals surface area (Å²) in [4.78, 5) is 20.8. The minimum Gasteiger partial charge on any atom is -0.497 e. The first-order chi connectivity index (χ1) is 15.4. The molecule has 9 nitrogen and oxygen atoms in total. The fraction of sp³-hybridized carbons (Fsp3) is 0.136. The number of hydrogen-bond acceptors (Lipinski definition) is 7. The van der Waals surface area contributed by atoms with Crippen LogP contribution in [0.1, 0.15) is 15.9 Å². The van der Waals surface area contributed by atoms with Gasteiger partial charge in [-0.15, -0.1) is 0 Å². The lowest BCUT2D eigenvalue weighted by molar-refractivity contribution is 0.0950. The summed E-state index contributed by atoms with van der Waals surface area (Å²) < 4.78 is 38.0. The maximum Gasteiger partial charge on any atom is 0.254 e. The molecule has 4 aromatic rings. The maximum absolute atomic E-state index is 13.0. The molecular weight excluding hydrogens is 432 g/mol. The minimum absolute atomic E-state index is 0.0668. The van der Waals surface area contributed by atoms with Crippen LogP contribution in [0.5, 0.6) is 11.5 Å². The first kappa shape index (κ1) is 21.3. The Morgan fingerprint density at radius 3 is 2.34 bits per heavy atom. The number of fused-ring (bicyclic) bond motifs is 1. The predicted octanol–water partition coefficient (Wildman–Crippen LogP) is 2.51. The van der Waals surface area contributed by atoms with E-state index < -0.39 is 9.84 Å². The number of benzene rings is 2. The molecule has 0 saturated heterocycles. The third-order valence-electron chi connectivity index (χ3n) is 4.83. The van der Waals surface area contributed by atoms with Crippen molar-refractivity contribution in [3.8, 4) is 11.5 Å². The van der Waals surface area contributed by atoms with E-state index in [4.69, 9.17) is 9.47 Å². The Morgan fingerprint density at radius 1 is 1.00 bits per heavy atom. The summed E-state index contributed by atoms with van der Waals surface area (Å²) in [7, 11) is -0.862. The second-order valence-corrected chi connectivity index (χ2v) is 8.81. The molecule has 2 aromatic carbocycles. The molecule has 32 heavy (non-hydrogen) atoms. The van der Waals surface area contributed by atoms with E-state index in [0.29, 0.717) is 22.8 Å². The van der Waals surface area contributed by atoms with Gasteiger partial charge >= 0.3 is 0 Å². The van der Waals surface area contributed by atoms with Gasteiger partial charge in [-0.25, -0.2) is 18.4 Å². The number of sulfone groups is 1. The molecule has 0 aliphatic heterocycles. The molecule has 0 fully saturated rings. The van der Waals surface area contributed by atoms with Crippen LogP contribution >= 0.6 is 0 Å². The van der Waals surface area contributed by atoms with Crippen LogP contribution in [0.3, 0.4) is 0 Å². The molecular formula is C22H20N4O5S. The van der Waals surface area contributed by atoms with Gasteiger partial charge in [-0.1, -0.05) is 12.1 Å². The van der Waals surface area contributed by atoms with E-state index in [1.165, 1.54) is 44.7 Å². The molecule has 0 bridgehead atoms. The molecule has 1 amide bonds. The van der Waals surface area contributed by atoms with E-state index in [9.17, 15) is 13.2 Å². The second-order valence-electron chi connectivity index (χ2n) is 6.86. The molecule has 0 spiro atoms. The topological polar surface area (TPSA) is 112 Å². The van der Waals surface area contributed by atoms with Gasteiger partial charge in [0.05, 0.1) is 29.6 Å². The van der Waals surface area contributed by atoms with E-state index in [1.54, 1.807) is 41.2 Å². The highest BCUT2D eigenvalue weighted by Crippen LogP contribution is 2.29. The van der Waals surface area contributed by atoms with Crippen LogP contribution in [0.15, 0.2) is 77.0 Å². The second kappa shape index (κ2) is 8.67. The quantitative estimate of drug-likeness (QED) is 0.458. The Balaban J connectivity index is 1.48. The van der Waals surface area contributed by atoms with E-state index >= 15 is 0 Å². The Hall–Kier alpha value is -3.92. The zero-order valence-electron chi connectivity index (χ0n) is 17.3. The molecule has 1 N–H and O–H groups in total. The molecule has 0 saturated carbocycles. The number of amides is 1. The summed E-state index contributed by atoms with van der Waals surface area (Å²) in [6.07, 6.45) is 6.40. The monoisotopic (exact) mass is 452 g/mol. The van der Waals surface area contributed by atoms with E-state index in [1.807, 2.05) is 0 Å². The molecule has 0 radical (unpaired) electrons. The fourth-order valence-corrected chi connectivity index (χ4v) is 4.39. The van der Waals surface area contributed by atoms with E-state index in [0.717, 1.165) is 5.56 Å². The Kier molecular flexibility index (Phi) is 5.78. The van der Waals surface area contributed by atoms with Crippen molar-refractivity contribution in [3.63, 3.8) is 0 Å². The minimum atomic E-state index is -3.77. The van der Waals surface area contributed by atoms with Gasteiger partial charge in [0.2, 0.25) is 15.6 Å². The smallest absolute Gasteiger partial charge is 0.254 e. The van der Waals surface area contributed by atoms with Crippen LogP contribution in [0.25, 0.3) is 5.78 Å². The zero-order valence-corrected chi connectivity index (χ0v) is 18.2. The van der Waals surface area contributed by atoms with Gasteiger partial charge in [0.25, 0.3) is 5.91 Å². The number of nitrogens with zero attached hydrogens (tertiary/aromatic N) is 3. The summed E-state index contributed by atoms with van der Waals surface area (Å²) in [6, 6.07) is 10.8. The SMILES string of the molecule is COc1cc(OC)cc(S(=O)(=O)c2ccc(CNC(=O)c3cnc4nccn4c3)cc2)c1. The van der Waals surface area contributed by atoms with Gasteiger partial charge in [-0.05, 0) is 29.8 Å². The van der Waals surface area contributed by atoms with E-state index in [-0.39, 0.29) is 22.2 Å². The van der Waals surface area contributed by atoms with Crippen LogP contribution in [-0.2, 0) is 16.4 Å². The number of ether oxygens (including phenoxy) is 2. The number of rotatable bonds is 7. The lowest BCUT2D eigenvalue weighted by atomic mass is 10.2. The molecule has 0 atom stereocenters. The highest BCUT2D eigenvalue weighted by Gasteiger charge is 2.20. The summed E-state index contributed by atoms with van der Waals surface area (Å²) in [5, 5.41) is 2.80. The molecule has 0 aliphatic rings. The van der Waals surface area contributed by atoms with Gasteiger partial charge in [-0.3, -0.25) is 9.20 Å². The Morgan fingerprint density at radius 2 is 1.69 bits per heavy atom. The highest BCUT2D eigenvalue weighted by atomic mass is 32.2. The van der Waals surface area contributed by atoms with Gasteiger partial charge < -0.3 is 14.8 Å². The normalized spacial score (nSPS) is 11.3. The van der Waals surface area contributed by atoms with Gasteiger partial charge in [0.15, 0.2) is 0 Å². The number of hydrogen-bond donors (Lipinski definition) is 1. The first-order valence-electron chi connectivity index (χ1n) is 9.55. The number of methoxy groups -OCH3 is 2. The van der Waals surface area contributed by atoms with Crippen molar-refractivity contribution < 1.29 is 22.7 Å². The number of imidazole rings is 1. The third kappa shape index (κ3) is 4.26. The highest BCUT2D eigenvalue weighted by molar-refractivity contribution is 7.91. The van der Waals surface area contributed by atoms with Crippen molar-refractivity contribution >= 4 is 21.5 Å². The van der Waals surface area contributed by atoms with Crippen LogP contribution < -0.4 is 14.8 Å². The molecule has 2 aromatic heterocycles. The summed E-state index contributed by atoms with van der Waals surface area (Å²) in [5.74, 6) is 0.969. The van der Waals surface area contributed by atoms with Crippen molar-refractivity contribution in [2.45, 2.75) is 16.3 Å². The zero-order chi connectivity index (χ0) is 22.7. The first-order valence-corrected chi connectivity index (χ1v) is 11.0.